The quantitative estimate of drug-likeness (QED) is 0.775. The Morgan fingerprint density at radius 3 is 2.96 bits per heavy atom. The molecule has 0 spiro atoms. The van der Waals surface area contributed by atoms with Gasteiger partial charge in [0.05, 0.1) is 30.4 Å². The van der Waals surface area contributed by atoms with Crippen molar-refractivity contribution in [2.75, 3.05) is 19.7 Å². The molecule has 0 radical (unpaired) electrons. The minimum Gasteiger partial charge on any atom is -0.494 e. The standard InChI is InChI=1S/C19H23N5O/c1-2-25-16-5-3-4-14(10-16)12-24-19-17(11-23-24)18(21-13-22-19)15-6-8-20-9-7-15/h3-5,10-11,13,15,20H,2,6-9,12H2,1H3. The minimum atomic E-state index is 0.491. The van der Waals surface area contributed by atoms with Crippen LogP contribution in [0.5, 0.6) is 5.75 Å². The van der Waals surface area contributed by atoms with E-state index in [1.165, 1.54) is 0 Å². The lowest BCUT2D eigenvalue weighted by Crippen LogP contribution is -2.27. The number of hydrogen-bond donors (Lipinski definition) is 1. The second-order valence-corrected chi connectivity index (χ2v) is 6.40. The van der Waals surface area contributed by atoms with Gasteiger partial charge >= 0.3 is 0 Å². The van der Waals surface area contributed by atoms with Crippen molar-refractivity contribution in [1.82, 2.24) is 25.1 Å². The van der Waals surface area contributed by atoms with E-state index in [1.54, 1.807) is 6.33 Å². The predicted molar refractivity (Wildman–Crippen MR) is 96.9 cm³/mol. The Balaban J connectivity index is 1.64. The molecule has 1 aliphatic rings. The first-order chi connectivity index (χ1) is 12.3. The lowest BCUT2D eigenvalue weighted by atomic mass is 9.93. The highest BCUT2D eigenvalue weighted by Crippen LogP contribution is 2.28. The zero-order chi connectivity index (χ0) is 17.1. The maximum absolute atomic E-state index is 5.59. The van der Waals surface area contributed by atoms with Crippen molar-refractivity contribution in [2.45, 2.75) is 32.2 Å². The van der Waals surface area contributed by atoms with Gasteiger partial charge in [-0.2, -0.15) is 5.10 Å². The second-order valence-electron chi connectivity index (χ2n) is 6.40. The molecule has 1 N–H and O–H groups in total. The third-order valence-corrected chi connectivity index (χ3v) is 4.73. The zero-order valence-electron chi connectivity index (χ0n) is 14.5. The normalized spacial score (nSPS) is 15.6. The van der Waals surface area contributed by atoms with Gasteiger partial charge in [-0.25, -0.2) is 14.6 Å². The maximum atomic E-state index is 5.59. The van der Waals surface area contributed by atoms with Crippen molar-refractivity contribution in [3.63, 3.8) is 0 Å². The number of nitrogens with one attached hydrogen (secondary N) is 1. The summed E-state index contributed by atoms with van der Waals surface area (Å²) in [7, 11) is 0. The first kappa shape index (κ1) is 16.0. The molecule has 6 nitrogen and oxygen atoms in total. The average Bonchev–Trinajstić information content (AvgIpc) is 3.06. The average molecular weight is 337 g/mol. The summed E-state index contributed by atoms with van der Waals surface area (Å²) >= 11 is 0. The van der Waals surface area contributed by atoms with Gasteiger partial charge in [0.15, 0.2) is 5.65 Å². The molecule has 4 rings (SSSR count). The molecule has 3 aromatic rings. The number of fused-ring (bicyclic) bond motifs is 1. The Hall–Kier alpha value is -2.47. The summed E-state index contributed by atoms with van der Waals surface area (Å²) in [5, 5.41) is 9.07. The topological polar surface area (TPSA) is 64.9 Å². The molecule has 25 heavy (non-hydrogen) atoms. The molecule has 0 aliphatic carbocycles. The minimum absolute atomic E-state index is 0.491. The summed E-state index contributed by atoms with van der Waals surface area (Å²) in [6.07, 6.45) is 5.83. The molecule has 1 aliphatic heterocycles. The number of ether oxygens (including phenoxy) is 1. The largest absolute Gasteiger partial charge is 0.494 e. The van der Waals surface area contributed by atoms with Gasteiger partial charge in [0, 0.05) is 5.92 Å². The highest BCUT2D eigenvalue weighted by atomic mass is 16.5. The van der Waals surface area contributed by atoms with Crippen LogP contribution in [0.4, 0.5) is 0 Å². The number of aromatic nitrogens is 4. The monoisotopic (exact) mass is 337 g/mol. The SMILES string of the molecule is CCOc1cccc(Cn2ncc3c(C4CCNCC4)ncnc32)c1. The lowest BCUT2D eigenvalue weighted by molar-refractivity contribution is 0.340. The van der Waals surface area contributed by atoms with Gasteiger partial charge in [-0.05, 0) is 50.6 Å². The van der Waals surface area contributed by atoms with Crippen LogP contribution in [-0.2, 0) is 6.54 Å². The van der Waals surface area contributed by atoms with Gasteiger partial charge in [0.1, 0.15) is 12.1 Å². The van der Waals surface area contributed by atoms with Crippen LogP contribution in [-0.4, -0.2) is 39.4 Å². The van der Waals surface area contributed by atoms with E-state index in [1.807, 2.05) is 29.9 Å². The third kappa shape index (κ3) is 3.35. The summed E-state index contributed by atoms with van der Waals surface area (Å²) in [4.78, 5) is 9.07. The van der Waals surface area contributed by atoms with Crippen molar-refractivity contribution < 1.29 is 4.74 Å². The summed E-state index contributed by atoms with van der Waals surface area (Å²) < 4.78 is 7.54. The molecule has 2 aromatic heterocycles. The van der Waals surface area contributed by atoms with Crippen LogP contribution in [0.15, 0.2) is 36.8 Å². The first-order valence-electron chi connectivity index (χ1n) is 8.94. The summed E-state index contributed by atoms with van der Waals surface area (Å²) in [5.74, 6) is 1.38. The third-order valence-electron chi connectivity index (χ3n) is 4.73. The van der Waals surface area contributed by atoms with E-state index in [9.17, 15) is 0 Å². The molecule has 1 saturated heterocycles. The van der Waals surface area contributed by atoms with Gasteiger partial charge in [-0.3, -0.25) is 0 Å². The van der Waals surface area contributed by atoms with E-state index in [-0.39, 0.29) is 0 Å². The Labute approximate surface area is 147 Å². The van der Waals surface area contributed by atoms with Gasteiger partial charge in [0.25, 0.3) is 0 Å². The maximum Gasteiger partial charge on any atom is 0.161 e. The van der Waals surface area contributed by atoms with E-state index in [2.05, 4.69) is 32.5 Å². The Bertz CT molecular complexity index is 854. The van der Waals surface area contributed by atoms with Gasteiger partial charge in [0.2, 0.25) is 0 Å². The Morgan fingerprint density at radius 2 is 2.12 bits per heavy atom. The van der Waals surface area contributed by atoms with Crippen LogP contribution in [0.3, 0.4) is 0 Å². The molecule has 6 heteroatoms. The molecular formula is C19H23N5O. The van der Waals surface area contributed by atoms with Crippen molar-refractivity contribution in [2.24, 2.45) is 0 Å². The zero-order valence-corrected chi connectivity index (χ0v) is 14.5. The van der Waals surface area contributed by atoms with Crippen molar-refractivity contribution in [3.8, 4) is 5.75 Å². The number of piperidine rings is 1. The van der Waals surface area contributed by atoms with E-state index >= 15 is 0 Å². The molecule has 130 valence electrons. The molecule has 0 atom stereocenters. The van der Waals surface area contributed by atoms with Crippen LogP contribution in [0, 0.1) is 0 Å². The summed E-state index contributed by atoms with van der Waals surface area (Å²) in [6.45, 7) is 5.43. The van der Waals surface area contributed by atoms with Crippen LogP contribution >= 0.6 is 0 Å². The fourth-order valence-electron chi connectivity index (χ4n) is 3.52. The predicted octanol–water partition coefficient (Wildman–Crippen LogP) is 2.74. The van der Waals surface area contributed by atoms with E-state index in [0.29, 0.717) is 19.1 Å². The molecule has 0 unspecified atom stereocenters. The smallest absolute Gasteiger partial charge is 0.161 e. The van der Waals surface area contributed by atoms with E-state index in [4.69, 9.17) is 4.74 Å². The fourth-order valence-corrected chi connectivity index (χ4v) is 3.52. The second kappa shape index (κ2) is 7.19. The van der Waals surface area contributed by atoms with Crippen molar-refractivity contribution in [1.29, 1.82) is 0 Å². The van der Waals surface area contributed by atoms with Gasteiger partial charge < -0.3 is 10.1 Å². The molecule has 3 heterocycles. The molecule has 0 amide bonds. The van der Waals surface area contributed by atoms with Crippen LogP contribution < -0.4 is 10.1 Å². The molecule has 0 bridgehead atoms. The highest BCUT2D eigenvalue weighted by molar-refractivity contribution is 5.77. The molecule has 0 saturated carbocycles. The van der Waals surface area contributed by atoms with Crippen LogP contribution in [0.1, 0.15) is 36.9 Å². The summed E-state index contributed by atoms with van der Waals surface area (Å²) in [6, 6.07) is 8.14. The molecule has 1 fully saturated rings. The van der Waals surface area contributed by atoms with E-state index in [0.717, 1.165) is 54.0 Å². The van der Waals surface area contributed by atoms with E-state index < -0.39 is 0 Å². The first-order valence-corrected chi connectivity index (χ1v) is 8.94. The van der Waals surface area contributed by atoms with Gasteiger partial charge in [-0.1, -0.05) is 12.1 Å². The van der Waals surface area contributed by atoms with Crippen LogP contribution in [0.25, 0.3) is 11.0 Å². The number of rotatable bonds is 5. The molecular weight excluding hydrogens is 314 g/mol. The number of benzene rings is 1. The highest BCUT2D eigenvalue weighted by Gasteiger charge is 2.20. The fraction of sp³-hybridized carbons (Fsp3) is 0.421. The van der Waals surface area contributed by atoms with Crippen molar-refractivity contribution >= 4 is 11.0 Å². The van der Waals surface area contributed by atoms with Crippen molar-refractivity contribution in [3.05, 3.63) is 48.0 Å². The summed E-state index contributed by atoms with van der Waals surface area (Å²) in [5.41, 5.74) is 3.20. The molecule has 1 aromatic carbocycles. The number of hydrogen-bond acceptors (Lipinski definition) is 5. The Morgan fingerprint density at radius 1 is 1.24 bits per heavy atom. The Kier molecular flexibility index (Phi) is 4.61. The lowest BCUT2D eigenvalue weighted by Gasteiger charge is -2.22. The van der Waals surface area contributed by atoms with Crippen LogP contribution in [0.2, 0.25) is 0 Å². The van der Waals surface area contributed by atoms with Gasteiger partial charge in [-0.15, -0.1) is 0 Å². The number of nitrogens with zero attached hydrogens (tertiary/aromatic N) is 4.